The largest absolute Gasteiger partial charge is 0.478 e. The van der Waals surface area contributed by atoms with Crippen molar-refractivity contribution < 1.29 is 14.3 Å². The first-order chi connectivity index (χ1) is 12.3. The lowest BCUT2D eigenvalue weighted by Gasteiger charge is -2.17. The minimum atomic E-state index is -1.08. The molecule has 0 bridgehead atoms. The number of carbonyl (C=O) groups is 1. The molecule has 0 aliphatic rings. The van der Waals surface area contributed by atoms with E-state index in [0.29, 0.717) is 17.2 Å². The first-order valence-electron chi connectivity index (χ1n) is 7.62. The van der Waals surface area contributed by atoms with Gasteiger partial charge in [-0.15, -0.1) is 0 Å². The summed E-state index contributed by atoms with van der Waals surface area (Å²) in [6.45, 7) is 3.27. The van der Waals surface area contributed by atoms with Crippen LogP contribution in [0.25, 0.3) is 10.9 Å². The van der Waals surface area contributed by atoms with E-state index in [-0.39, 0.29) is 21.5 Å². The molecule has 0 spiro atoms. The third-order valence-electron chi connectivity index (χ3n) is 3.87. The van der Waals surface area contributed by atoms with Gasteiger partial charge in [0.15, 0.2) is 5.82 Å². The second-order valence-electron chi connectivity index (χ2n) is 5.74. The molecular weight excluding hydrogens is 363 g/mol. The standard InChI is InChI=1S/C17H14ClFN4O3/c1-7(21-12-4-3-9(6-20-12)17(25)26)10-5-11-15(14(19)13(10)18)22-8(2)23-16(11)24/h3-7H,1-2H3,(H,20,21)(H,25,26)(H,22,23,24). The van der Waals surface area contributed by atoms with Gasteiger partial charge >= 0.3 is 5.97 Å². The highest BCUT2D eigenvalue weighted by Gasteiger charge is 2.19. The Labute approximate surface area is 151 Å². The van der Waals surface area contributed by atoms with Crippen LogP contribution < -0.4 is 10.9 Å². The van der Waals surface area contributed by atoms with Crippen molar-refractivity contribution in [2.75, 3.05) is 5.32 Å². The van der Waals surface area contributed by atoms with Crippen LogP contribution in [0.1, 0.15) is 34.7 Å². The van der Waals surface area contributed by atoms with E-state index in [2.05, 4.69) is 20.3 Å². The van der Waals surface area contributed by atoms with Crippen molar-refractivity contribution in [1.29, 1.82) is 0 Å². The summed E-state index contributed by atoms with van der Waals surface area (Å²) in [5.41, 5.74) is -0.139. The number of rotatable bonds is 4. The first kappa shape index (κ1) is 17.8. The highest BCUT2D eigenvalue weighted by atomic mass is 35.5. The summed E-state index contributed by atoms with van der Waals surface area (Å²) in [6, 6.07) is 3.87. The maximum absolute atomic E-state index is 14.6. The monoisotopic (exact) mass is 376 g/mol. The predicted molar refractivity (Wildman–Crippen MR) is 95.3 cm³/mol. The number of fused-ring (bicyclic) bond motifs is 1. The number of aromatic amines is 1. The van der Waals surface area contributed by atoms with Gasteiger partial charge in [-0.1, -0.05) is 11.6 Å². The molecule has 0 aliphatic heterocycles. The topological polar surface area (TPSA) is 108 Å². The fraction of sp³-hybridized carbons (Fsp3) is 0.176. The van der Waals surface area contributed by atoms with Crippen LogP contribution in [0.2, 0.25) is 5.02 Å². The molecule has 0 saturated carbocycles. The van der Waals surface area contributed by atoms with E-state index in [0.717, 1.165) is 0 Å². The Morgan fingerprint density at radius 3 is 2.77 bits per heavy atom. The van der Waals surface area contributed by atoms with Crippen molar-refractivity contribution in [1.82, 2.24) is 15.0 Å². The van der Waals surface area contributed by atoms with Gasteiger partial charge in [-0.3, -0.25) is 4.79 Å². The zero-order valence-corrected chi connectivity index (χ0v) is 14.6. The Kier molecular flexibility index (Phi) is 4.60. The first-order valence-corrected chi connectivity index (χ1v) is 8.00. The third-order valence-corrected chi connectivity index (χ3v) is 4.25. The van der Waals surface area contributed by atoms with Crippen molar-refractivity contribution >= 4 is 34.3 Å². The summed E-state index contributed by atoms with van der Waals surface area (Å²) in [4.78, 5) is 33.5. The second-order valence-corrected chi connectivity index (χ2v) is 6.12. The molecule has 9 heteroatoms. The van der Waals surface area contributed by atoms with Gasteiger partial charge < -0.3 is 15.4 Å². The lowest BCUT2D eigenvalue weighted by molar-refractivity contribution is 0.0696. The van der Waals surface area contributed by atoms with E-state index < -0.39 is 23.4 Å². The average Bonchev–Trinajstić information content (AvgIpc) is 2.58. The van der Waals surface area contributed by atoms with E-state index in [9.17, 15) is 14.0 Å². The van der Waals surface area contributed by atoms with E-state index >= 15 is 0 Å². The summed E-state index contributed by atoms with van der Waals surface area (Å²) in [5.74, 6) is -1.18. The molecule has 2 aromatic heterocycles. The van der Waals surface area contributed by atoms with Crippen LogP contribution in [0.3, 0.4) is 0 Å². The fourth-order valence-electron chi connectivity index (χ4n) is 2.57. The maximum atomic E-state index is 14.6. The number of benzene rings is 1. The van der Waals surface area contributed by atoms with Crippen LogP contribution in [-0.2, 0) is 0 Å². The number of pyridine rings is 1. The van der Waals surface area contributed by atoms with Crippen LogP contribution in [0.15, 0.2) is 29.2 Å². The summed E-state index contributed by atoms with van der Waals surface area (Å²) >= 11 is 6.14. The van der Waals surface area contributed by atoms with Crippen molar-refractivity contribution in [3.05, 3.63) is 62.5 Å². The Hall–Kier alpha value is -3.00. The molecule has 3 N–H and O–H groups in total. The van der Waals surface area contributed by atoms with E-state index in [1.54, 1.807) is 13.8 Å². The zero-order chi connectivity index (χ0) is 19.0. The molecule has 0 amide bonds. The molecule has 0 aliphatic carbocycles. The summed E-state index contributed by atoms with van der Waals surface area (Å²) in [6.07, 6.45) is 1.21. The molecule has 3 rings (SSSR count). The van der Waals surface area contributed by atoms with Gasteiger partial charge in [0.25, 0.3) is 5.56 Å². The van der Waals surface area contributed by atoms with Crippen molar-refractivity contribution in [2.45, 2.75) is 19.9 Å². The third kappa shape index (κ3) is 3.23. The Balaban J connectivity index is 2.00. The van der Waals surface area contributed by atoms with Gasteiger partial charge in [-0.2, -0.15) is 0 Å². The van der Waals surface area contributed by atoms with Gasteiger partial charge in [0, 0.05) is 6.20 Å². The highest BCUT2D eigenvalue weighted by Crippen LogP contribution is 2.31. The zero-order valence-electron chi connectivity index (χ0n) is 13.8. The SMILES string of the molecule is Cc1nc2c(F)c(Cl)c(C(C)Nc3ccc(C(=O)O)cn3)cc2c(=O)[nH]1. The Morgan fingerprint density at radius 1 is 1.42 bits per heavy atom. The predicted octanol–water partition coefficient (Wildman–Crippen LogP) is 3.29. The van der Waals surface area contributed by atoms with Crippen LogP contribution in [-0.4, -0.2) is 26.0 Å². The lowest BCUT2D eigenvalue weighted by atomic mass is 10.0. The molecule has 26 heavy (non-hydrogen) atoms. The van der Waals surface area contributed by atoms with E-state index in [1.807, 2.05) is 0 Å². The average molecular weight is 377 g/mol. The summed E-state index contributed by atoms with van der Waals surface area (Å²) in [5, 5.41) is 11.8. The van der Waals surface area contributed by atoms with E-state index in [4.69, 9.17) is 16.7 Å². The molecule has 7 nitrogen and oxygen atoms in total. The molecule has 1 unspecified atom stereocenters. The smallest absolute Gasteiger partial charge is 0.337 e. The molecule has 0 saturated heterocycles. The molecular formula is C17H14ClFN4O3. The van der Waals surface area contributed by atoms with E-state index in [1.165, 1.54) is 24.4 Å². The molecule has 1 atom stereocenters. The number of nitrogens with one attached hydrogen (secondary N) is 2. The number of nitrogens with zero attached hydrogens (tertiary/aromatic N) is 2. The van der Waals surface area contributed by atoms with Crippen molar-refractivity contribution in [3.63, 3.8) is 0 Å². The number of aromatic carboxylic acids is 1. The Morgan fingerprint density at radius 2 is 2.15 bits per heavy atom. The van der Waals surface area contributed by atoms with Crippen LogP contribution in [0.4, 0.5) is 10.2 Å². The second kappa shape index (κ2) is 6.72. The number of aryl methyl sites for hydroxylation is 1. The minimum Gasteiger partial charge on any atom is -0.478 e. The number of carboxylic acids is 1. The maximum Gasteiger partial charge on any atom is 0.337 e. The number of aromatic nitrogens is 3. The number of halogens is 2. The highest BCUT2D eigenvalue weighted by molar-refractivity contribution is 6.32. The molecule has 1 aromatic carbocycles. The number of anilines is 1. The molecule has 2 heterocycles. The van der Waals surface area contributed by atoms with Gasteiger partial charge in [0.2, 0.25) is 0 Å². The summed E-state index contributed by atoms with van der Waals surface area (Å²) < 4.78 is 14.6. The van der Waals surface area contributed by atoms with Crippen LogP contribution in [0, 0.1) is 12.7 Å². The van der Waals surface area contributed by atoms with Crippen molar-refractivity contribution in [3.8, 4) is 0 Å². The number of carboxylic acid groups (broad SMARTS) is 1. The molecule has 134 valence electrons. The number of H-pyrrole nitrogens is 1. The molecule has 3 aromatic rings. The minimum absolute atomic E-state index is 0.0472. The van der Waals surface area contributed by atoms with Gasteiger partial charge in [-0.25, -0.2) is 19.2 Å². The molecule has 0 fully saturated rings. The van der Waals surface area contributed by atoms with Crippen LogP contribution in [0.5, 0.6) is 0 Å². The fourth-order valence-corrected chi connectivity index (χ4v) is 2.87. The molecule has 0 radical (unpaired) electrons. The summed E-state index contributed by atoms with van der Waals surface area (Å²) in [7, 11) is 0. The number of hydrogen-bond donors (Lipinski definition) is 3. The van der Waals surface area contributed by atoms with Gasteiger partial charge in [-0.05, 0) is 37.6 Å². The number of hydrogen-bond acceptors (Lipinski definition) is 5. The Bertz CT molecular complexity index is 1070. The van der Waals surface area contributed by atoms with Gasteiger partial charge in [0.1, 0.15) is 17.2 Å². The van der Waals surface area contributed by atoms with Crippen LogP contribution >= 0.6 is 11.6 Å². The quantitative estimate of drug-likeness (QED) is 0.644. The van der Waals surface area contributed by atoms with Crippen molar-refractivity contribution in [2.24, 2.45) is 0 Å². The van der Waals surface area contributed by atoms with Gasteiger partial charge in [0.05, 0.1) is 22.0 Å². The lowest BCUT2D eigenvalue weighted by Crippen LogP contribution is -2.14. The normalized spacial score (nSPS) is 12.2.